The van der Waals surface area contributed by atoms with E-state index in [1.165, 1.54) is 10.9 Å². The third-order valence-corrected chi connectivity index (χ3v) is 4.80. The summed E-state index contributed by atoms with van der Waals surface area (Å²) < 4.78 is 6.62. The Morgan fingerprint density at radius 3 is 2.47 bits per heavy atom. The van der Waals surface area contributed by atoms with Crippen molar-refractivity contribution < 1.29 is 19.4 Å². The predicted octanol–water partition coefficient (Wildman–Crippen LogP) is 2.88. The Hall–Kier alpha value is -3.75. The minimum atomic E-state index is -1.14. The zero-order valence-corrected chi connectivity index (χ0v) is 17.0. The number of hydrogen-bond acceptors (Lipinski definition) is 7. The van der Waals surface area contributed by atoms with Gasteiger partial charge in [-0.05, 0) is 43.2 Å². The Bertz CT molecular complexity index is 1030. The molecule has 156 valence electrons. The fourth-order valence-corrected chi connectivity index (χ4v) is 3.01. The molecule has 0 bridgehead atoms. The van der Waals surface area contributed by atoms with E-state index in [1.807, 2.05) is 24.3 Å². The zero-order chi connectivity index (χ0) is 21.7. The number of nitrogens with one attached hydrogen (secondary N) is 1. The van der Waals surface area contributed by atoms with Crippen LogP contribution in [0.3, 0.4) is 0 Å². The number of ketones is 1. The van der Waals surface area contributed by atoms with Gasteiger partial charge >= 0.3 is 5.97 Å². The van der Waals surface area contributed by atoms with Gasteiger partial charge in [-0.2, -0.15) is 5.10 Å². The molecule has 3 aromatic rings. The van der Waals surface area contributed by atoms with Crippen LogP contribution in [0.5, 0.6) is 5.75 Å². The molecule has 2 heterocycles. The molecule has 1 atom stereocenters. The smallest absolute Gasteiger partial charge is 0.314 e. The maximum atomic E-state index is 12.5. The largest absolute Gasteiger partial charge is 0.497 e. The molecule has 0 aliphatic heterocycles. The zero-order valence-electron chi connectivity index (χ0n) is 17.0. The normalized spacial score (nSPS) is 11.7. The number of carbonyl (C=O) groups excluding carboxylic acids is 1. The van der Waals surface area contributed by atoms with E-state index < -0.39 is 17.7 Å². The number of anilines is 1. The van der Waals surface area contributed by atoms with E-state index in [4.69, 9.17) is 4.74 Å². The minimum Gasteiger partial charge on any atom is -0.497 e. The van der Waals surface area contributed by atoms with Gasteiger partial charge in [0.2, 0.25) is 0 Å². The van der Waals surface area contributed by atoms with Crippen LogP contribution in [0.15, 0.2) is 42.6 Å². The highest BCUT2D eigenvalue weighted by Crippen LogP contribution is 2.19. The molecule has 0 amide bonds. The summed E-state index contributed by atoms with van der Waals surface area (Å²) in [5.41, 5.74) is 1.86. The number of aliphatic carboxylic acids is 1. The van der Waals surface area contributed by atoms with E-state index in [1.54, 1.807) is 33.1 Å². The van der Waals surface area contributed by atoms with Gasteiger partial charge in [-0.1, -0.05) is 19.1 Å². The Morgan fingerprint density at radius 1 is 1.17 bits per heavy atom. The van der Waals surface area contributed by atoms with Gasteiger partial charge in [0.25, 0.3) is 0 Å². The standard InChI is InChI=1S/C21H23N5O4/c1-4-16(21(28)29)20(27)17-12-23-26(13(17)2)19-10-9-18(24-25-19)22-11-14-5-7-15(30-3)8-6-14/h5-10,12,16H,4,11H2,1-3H3,(H,22,24)(H,28,29). The van der Waals surface area contributed by atoms with Crippen molar-refractivity contribution in [1.29, 1.82) is 0 Å². The summed E-state index contributed by atoms with van der Waals surface area (Å²) in [6.45, 7) is 3.94. The molecular formula is C21H23N5O4. The Labute approximate surface area is 173 Å². The van der Waals surface area contributed by atoms with Crippen LogP contribution in [-0.2, 0) is 11.3 Å². The summed E-state index contributed by atoms with van der Waals surface area (Å²) in [5, 5.41) is 24.9. The predicted molar refractivity (Wildman–Crippen MR) is 110 cm³/mol. The first-order chi connectivity index (χ1) is 14.4. The number of rotatable bonds is 9. The van der Waals surface area contributed by atoms with Crippen LogP contribution in [0, 0.1) is 12.8 Å². The number of benzene rings is 1. The van der Waals surface area contributed by atoms with Gasteiger partial charge in [-0.15, -0.1) is 10.2 Å². The second-order valence-corrected chi connectivity index (χ2v) is 6.70. The Kier molecular flexibility index (Phi) is 6.41. The molecule has 2 aromatic heterocycles. The van der Waals surface area contributed by atoms with E-state index in [-0.39, 0.29) is 12.0 Å². The average Bonchev–Trinajstić information content (AvgIpc) is 3.14. The summed E-state index contributed by atoms with van der Waals surface area (Å²) in [6, 6.07) is 11.2. The Balaban J connectivity index is 1.71. The van der Waals surface area contributed by atoms with Crippen molar-refractivity contribution in [2.45, 2.75) is 26.8 Å². The quantitative estimate of drug-likeness (QED) is 0.409. The van der Waals surface area contributed by atoms with Crippen LogP contribution in [0.1, 0.15) is 35.0 Å². The first-order valence-electron chi connectivity index (χ1n) is 9.47. The Morgan fingerprint density at radius 2 is 1.90 bits per heavy atom. The summed E-state index contributed by atoms with van der Waals surface area (Å²) in [4.78, 5) is 23.8. The van der Waals surface area contributed by atoms with E-state index in [9.17, 15) is 14.7 Å². The lowest BCUT2D eigenvalue weighted by molar-refractivity contribution is -0.140. The molecule has 0 aliphatic carbocycles. The van der Waals surface area contributed by atoms with Gasteiger partial charge in [-0.25, -0.2) is 4.68 Å². The highest BCUT2D eigenvalue weighted by molar-refractivity contribution is 6.08. The lowest BCUT2D eigenvalue weighted by atomic mass is 9.96. The van der Waals surface area contributed by atoms with Crippen molar-refractivity contribution in [3.8, 4) is 11.6 Å². The molecule has 0 saturated heterocycles. The molecule has 0 saturated carbocycles. The van der Waals surface area contributed by atoms with E-state index in [2.05, 4.69) is 20.6 Å². The molecule has 0 spiro atoms. The van der Waals surface area contributed by atoms with E-state index in [0.717, 1.165) is 11.3 Å². The summed E-state index contributed by atoms with van der Waals surface area (Å²) in [6.07, 6.45) is 1.59. The highest BCUT2D eigenvalue weighted by Gasteiger charge is 2.28. The summed E-state index contributed by atoms with van der Waals surface area (Å²) in [7, 11) is 1.62. The van der Waals surface area contributed by atoms with Crippen LogP contribution in [-0.4, -0.2) is 43.9 Å². The summed E-state index contributed by atoms with van der Waals surface area (Å²) >= 11 is 0. The number of carboxylic acid groups (broad SMARTS) is 1. The van der Waals surface area contributed by atoms with Crippen LogP contribution < -0.4 is 10.1 Å². The maximum absolute atomic E-state index is 12.5. The molecule has 3 rings (SSSR count). The van der Waals surface area contributed by atoms with Gasteiger partial charge < -0.3 is 15.2 Å². The maximum Gasteiger partial charge on any atom is 0.314 e. The second-order valence-electron chi connectivity index (χ2n) is 6.70. The number of carboxylic acids is 1. The molecule has 1 unspecified atom stereocenters. The third kappa shape index (κ3) is 4.45. The van der Waals surface area contributed by atoms with Crippen LogP contribution >= 0.6 is 0 Å². The third-order valence-electron chi connectivity index (χ3n) is 4.80. The van der Waals surface area contributed by atoms with Crippen molar-refractivity contribution in [1.82, 2.24) is 20.0 Å². The molecular weight excluding hydrogens is 386 g/mol. The molecule has 30 heavy (non-hydrogen) atoms. The van der Waals surface area contributed by atoms with Crippen LogP contribution in [0.4, 0.5) is 5.82 Å². The number of methoxy groups -OCH3 is 1. The fourth-order valence-electron chi connectivity index (χ4n) is 3.01. The molecule has 9 heteroatoms. The highest BCUT2D eigenvalue weighted by atomic mass is 16.5. The lowest BCUT2D eigenvalue weighted by Gasteiger charge is -2.09. The van der Waals surface area contributed by atoms with Crippen molar-refractivity contribution >= 4 is 17.6 Å². The first-order valence-corrected chi connectivity index (χ1v) is 9.47. The number of ether oxygens (including phenoxy) is 1. The second kappa shape index (κ2) is 9.17. The molecule has 2 N–H and O–H groups in total. The number of aromatic nitrogens is 4. The molecule has 9 nitrogen and oxygen atoms in total. The van der Waals surface area contributed by atoms with Crippen molar-refractivity contribution in [3.05, 3.63) is 59.4 Å². The number of Topliss-reactive ketones (excluding diaryl/α,β-unsaturated/α-hetero) is 1. The monoisotopic (exact) mass is 409 g/mol. The molecule has 0 fully saturated rings. The van der Waals surface area contributed by atoms with Crippen molar-refractivity contribution in [3.63, 3.8) is 0 Å². The number of carbonyl (C=O) groups is 2. The molecule has 1 aromatic carbocycles. The van der Waals surface area contributed by atoms with Gasteiger partial charge in [-0.3, -0.25) is 9.59 Å². The van der Waals surface area contributed by atoms with Crippen LogP contribution in [0.2, 0.25) is 0 Å². The van der Waals surface area contributed by atoms with Crippen LogP contribution in [0.25, 0.3) is 5.82 Å². The van der Waals surface area contributed by atoms with Gasteiger partial charge in [0.05, 0.1) is 24.6 Å². The molecule has 0 aliphatic rings. The van der Waals surface area contributed by atoms with Crippen molar-refractivity contribution in [2.75, 3.05) is 12.4 Å². The van der Waals surface area contributed by atoms with Crippen molar-refractivity contribution in [2.24, 2.45) is 5.92 Å². The SMILES string of the molecule is CCC(C(=O)O)C(=O)c1cnn(-c2ccc(NCc3ccc(OC)cc3)nn2)c1C. The fraction of sp³-hybridized carbons (Fsp3) is 0.286. The number of nitrogens with zero attached hydrogens (tertiary/aromatic N) is 4. The number of hydrogen-bond donors (Lipinski definition) is 2. The lowest BCUT2D eigenvalue weighted by Crippen LogP contribution is -2.23. The van der Waals surface area contributed by atoms with Gasteiger partial charge in [0.1, 0.15) is 17.5 Å². The average molecular weight is 409 g/mol. The van der Waals surface area contributed by atoms with E-state index in [0.29, 0.717) is 23.9 Å². The van der Waals surface area contributed by atoms with Gasteiger partial charge in [0.15, 0.2) is 11.6 Å². The molecule has 0 radical (unpaired) electrons. The topological polar surface area (TPSA) is 119 Å². The van der Waals surface area contributed by atoms with E-state index >= 15 is 0 Å². The van der Waals surface area contributed by atoms with Gasteiger partial charge in [0, 0.05) is 6.54 Å². The minimum absolute atomic E-state index is 0.215. The first kappa shape index (κ1) is 21.0. The summed E-state index contributed by atoms with van der Waals surface area (Å²) in [5.74, 6) is -0.861.